The van der Waals surface area contributed by atoms with Crippen molar-refractivity contribution in [2.45, 2.75) is 43.9 Å². The number of carbonyl (C=O) groups excluding carboxylic acids is 1. The van der Waals surface area contributed by atoms with E-state index in [2.05, 4.69) is 6.58 Å². The summed E-state index contributed by atoms with van der Waals surface area (Å²) in [4.78, 5) is 11.6. The Morgan fingerprint density at radius 2 is 2.04 bits per heavy atom. The maximum Gasteiger partial charge on any atom is 0.303 e. The Kier molecular flexibility index (Phi) is 6.39. The molecule has 7 heteroatoms. The van der Waals surface area contributed by atoms with Crippen molar-refractivity contribution in [1.29, 1.82) is 0 Å². The summed E-state index contributed by atoms with van der Waals surface area (Å²) >= 11 is 0. The molecule has 0 N–H and O–H groups in total. The lowest BCUT2D eigenvalue weighted by Crippen LogP contribution is -2.63. The highest BCUT2D eigenvalue weighted by atomic mass is 16.8. The van der Waals surface area contributed by atoms with Crippen molar-refractivity contribution in [2.24, 2.45) is 0 Å². The SMILES string of the molecule is C=CCO[C@H]1O[C@@H]2CO[C@@H](c3ccccc3)O[C@H]2[C@@H](OC)[C@@H]1OC(C)=O. The van der Waals surface area contributed by atoms with E-state index in [1.807, 2.05) is 30.3 Å². The molecule has 2 aliphatic heterocycles. The molecule has 0 aliphatic carbocycles. The lowest BCUT2D eigenvalue weighted by atomic mass is 9.97. The molecule has 0 aromatic heterocycles. The van der Waals surface area contributed by atoms with E-state index in [1.165, 1.54) is 6.92 Å². The van der Waals surface area contributed by atoms with Gasteiger partial charge in [-0.3, -0.25) is 4.79 Å². The monoisotopic (exact) mass is 364 g/mol. The van der Waals surface area contributed by atoms with E-state index in [1.54, 1.807) is 13.2 Å². The molecule has 3 rings (SSSR count). The first-order valence-electron chi connectivity index (χ1n) is 8.54. The van der Waals surface area contributed by atoms with E-state index in [9.17, 15) is 4.79 Å². The number of benzene rings is 1. The van der Waals surface area contributed by atoms with Crippen molar-refractivity contribution < 1.29 is 33.2 Å². The van der Waals surface area contributed by atoms with Crippen molar-refractivity contribution in [3.63, 3.8) is 0 Å². The van der Waals surface area contributed by atoms with Crippen molar-refractivity contribution in [3.05, 3.63) is 48.6 Å². The van der Waals surface area contributed by atoms with Crippen LogP contribution in [0.15, 0.2) is 43.0 Å². The molecule has 2 aliphatic rings. The minimum absolute atomic E-state index is 0.255. The number of esters is 1. The maximum atomic E-state index is 11.6. The molecule has 6 atom stereocenters. The molecule has 0 radical (unpaired) electrons. The summed E-state index contributed by atoms with van der Waals surface area (Å²) < 4.78 is 34.5. The summed E-state index contributed by atoms with van der Waals surface area (Å²) in [5, 5.41) is 0. The van der Waals surface area contributed by atoms with Crippen LogP contribution in [0.5, 0.6) is 0 Å². The molecule has 1 aromatic carbocycles. The molecule has 0 bridgehead atoms. The molecule has 142 valence electrons. The Bertz CT molecular complexity index is 605. The van der Waals surface area contributed by atoms with Gasteiger partial charge in [-0.05, 0) is 0 Å². The van der Waals surface area contributed by atoms with Crippen LogP contribution in [0.4, 0.5) is 0 Å². The fourth-order valence-corrected chi connectivity index (χ4v) is 3.21. The Labute approximate surface area is 152 Å². The number of hydrogen-bond acceptors (Lipinski definition) is 7. The van der Waals surface area contributed by atoms with E-state index in [0.717, 1.165) is 5.56 Å². The van der Waals surface area contributed by atoms with E-state index in [-0.39, 0.29) is 6.61 Å². The molecular formula is C19H24O7. The van der Waals surface area contributed by atoms with Gasteiger partial charge in [0.05, 0.1) is 13.2 Å². The quantitative estimate of drug-likeness (QED) is 0.564. The second-order valence-corrected chi connectivity index (χ2v) is 6.12. The van der Waals surface area contributed by atoms with Crippen LogP contribution in [0.2, 0.25) is 0 Å². The van der Waals surface area contributed by atoms with E-state index in [0.29, 0.717) is 6.61 Å². The van der Waals surface area contributed by atoms with Crippen LogP contribution in [0, 0.1) is 0 Å². The zero-order valence-electron chi connectivity index (χ0n) is 14.9. The molecule has 0 spiro atoms. The van der Waals surface area contributed by atoms with Crippen LogP contribution < -0.4 is 0 Å². The zero-order valence-corrected chi connectivity index (χ0v) is 14.9. The summed E-state index contributed by atoms with van der Waals surface area (Å²) in [6, 6.07) is 9.61. The first-order chi connectivity index (χ1) is 12.6. The molecule has 7 nitrogen and oxygen atoms in total. The van der Waals surface area contributed by atoms with Gasteiger partial charge in [0.2, 0.25) is 0 Å². The first kappa shape index (κ1) is 19.0. The molecule has 2 saturated heterocycles. The van der Waals surface area contributed by atoms with Crippen LogP contribution >= 0.6 is 0 Å². The third kappa shape index (κ3) is 4.13. The summed E-state index contributed by atoms with van der Waals surface area (Å²) in [6.45, 7) is 5.53. The minimum Gasteiger partial charge on any atom is -0.454 e. The topological polar surface area (TPSA) is 72.5 Å². The summed E-state index contributed by atoms with van der Waals surface area (Å²) in [5.41, 5.74) is 0.898. The largest absolute Gasteiger partial charge is 0.454 e. The highest BCUT2D eigenvalue weighted by Gasteiger charge is 2.52. The van der Waals surface area contributed by atoms with Gasteiger partial charge in [-0.1, -0.05) is 36.4 Å². The van der Waals surface area contributed by atoms with E-state index < -0.39 is 43.0 Å². The van der Waals surface area contributed by atoms with Crippen molar-refractivity contribution in [1.82, 2.24) is 0 Å². The third-order valence-electron chi connectivity index (χ3n) is 4.31. The van der Waals surface area contributed by atoms with Gasteiger partial charge >= 0.3 is 5.97 Å². The summed E-state index contributed by atoms with van der Waals surface area (Å²) in [5.74, 6) is -0.446. The second-order valence-electron chi connectivity index (χ2n) is 6.12. The summed E-state index contributed by atoms with van der Waals surface area (Å²) in [6.07, 6.45) is -1.91. The second kappa shape index (κ2) is 8.75. The van der Waals surface area contributed by atoms with Crippen molar-refractivity contribution in [2.75, 3.05) is 20.3 Å². The molecule has 0 unspecified atom stereocenters. The molecular weight excluding hydrogens is 340 g/mol. The molecule has 2 heterocycles. The van der Waals surface area contributed by atoms with Crippen LogP contribution in [0.3, 0.4) is 0 Å². The normalized spacial score (nSPS) is 33.9. The van der Waals surface area contributed by atoms with Gasteiger partial charge in [-0.25, -0.2) is 0 Å². The highest BCUT2D eigenvalue weighted by Crippen LogP contribution is 2.36. The first-order valence-corrected chi connectivity index (χ1v) is 8.54. The molecule has 0 amide bonds. The average Bonchev–Trinajstić information content (AvgIpc) is 2.66. The van der Waals surface area contributed by atoms with Crippen LogP contribution in [-0.4, -0.2) is 57.0 Å². The lowest BCUT2D eigenvalue weighted by molar-refractivity contribution is -0.363. The van der Waals surface area contributed by atoms with Gasteiger partial charge in [-0.15, -0.1) is 6.58 Å². The fourth-order valence-electron chi connectivity index (χ4n) is 3.21. The van der Waals surface area contributed by atoms with Gasteiger partial charge in [0, 0.05) is 19.6 Å². The number of carbonyl (C=O) groups is 1. The van der Waals surface area contributed by atoms with E-state index >= 15 is 0 Å². The Balaban J connectivity index is 1.80. The standard InChI is InChI=1S/C19H24O7/c1-4-10-22-19-17(24-12(2)20)16(21-3)15-14(25-19)11-23-18(26-15)13-8-6-5-7-9-13/h4-9,14-19H,1,10-11H2,2-3H3/t14-,15-,16-,17+,18-,19+/m1/s1. The van der Waals surface area contributed by atoms with Crippen molar-refractivity contribution >= 4 is 5.97 Å². The predicted octanol–water partition coefficient (Wildman–Crippen LogP) is 1.97. The molecule has 0 saturated carbocycles. The Morgan fingerprint density at radius 3 is 2.69 bits per heavy atom. The Hall–Kier alpha value is -1.77. The average molecular weight is 364 g/mol. The smallest absolute Gasteiger partial charge is 0.303 e. The third-order valence-corrected chi connectivity index (χ3v) is 4.31. The van der Waals surface area contributed by atoms with Gasteiger partial charge in [0.1, 0.15) is 18.3 Å². The molecule has 1 aromatic rings. The molecule has 2 fully saturated rings. The van der Waals surface area contributed by atoms with Crippen LogP contribution in [0.25, 0.3) is 0 Å². The zero-order chi connectivity index (χ0) is 18.5. The van der Waals surface area contributed by atoms with E-state index in [4.69, 9.17) is 28.4 Å². The Morgan fingerprint density at radius 1 is 1.27 bits per heavy atom. The number of ether oxygens (including phenoxy) is 6. The summed E-state index contributed by atoms with van der Waals surface area (Å²) in [7, 11) is 1.55. The number of fused-ring (bicyclic) bond motifs is 1. The lowest BCUT2D eigenvalue weighted by Gasteiger charge is -2.48. The van der Waals surface area contributed by atoms with Gasteiger partial charge in [-0.2, -0.15) is 0 Å². The highest BCUT2D eigenvalue weighted by molar-refractivity contribution is 5.66. The number of rotatable bonds is 6. The molecule has 26 heavy (non-hydrogen) atoms. The van der Waals surface area contributed by atoms with Gasteiger partial charge in [0.25, 0.3) is 0 Å². The number of hydrogen-bond donors (Lipinski definition) is 0. The van der Waals surface area contributed by atoms with Gasteiger partial charge < -0.3 is 28.4 Å². The van der Waals surface area contributed by atoms with Crippen molar-refractivity contribution in [3.8, 4) is 0 Å². The van der Waals surface area contributed by atoms with Crippen LogP contribution in [-0.2, 0) is 33.2 Å². The van der Waals surface area contributed by atoms with Crippen LogP contribution in [0.1, 0.15) is 18.8 Å². The number of methoxy groups -OCH3 is 1. The van der Waals surface area contributed by atoms with Gasteiger partial charge in [0.15, 0.2) is 18.7 Å². The predicted molar refractivity (Wildman–Crippen MR) is 91.2 cm³/mol. The maximum absolute atomic E-state index is 11.6. The fraction of sp³-hybridized carbons (Fsp3) is 0.526. The minimum atomic E-state index is -0.788.